The van der Waals surface area contributed by atoms with Crippen molar-refractivity contribution >= 4 is 29.2 Å². The number of carbonyl (C=O) groups is 1. The molecular formula is C15H12Cl2O2. The molecule has 0 aliphatic carbocycles. The molecule has 0 unspecified atom stereocenters. The highest BCUT2D eigenvalue weighted by atomic mass is 35.5. The van der Waals surface area contributed by atoms with Gasteiger partial charge in [0, 0.05) is 10.0 Å². The number of rotatable bonds is 4. The highest BCUT2D eigenvalue weighted by molar-refractivity contribution is 6.35. The van der Waals surface area contributed by atoms with Gasteiger partial charge in [0.2, 0.25) is 0 Å². The molecule has 0 aliphatic heterocycles. The minimum Gasteiger partial charge on any atom is -0.481 e. The first kappa shape index (κ1) is 13.9. The summed E-state index contributed by atoms with van der Waals surface area (Å²) in [5.74, 6) is -1.57. The van der Waals surface area contributed by atoms with Gasteiger partial charge in [0.1, 0.15) is 0 Å². The van der Waals surface area contributed by atoms with E-state index in [0.29, 0.717) is 22.0 Å². The third kappa shape index (κ3) is 3.49. The fourth-order valence-electron chi connectivity index (χ4n) is 1.96. The number of hydrogen-bond donors (Lipinski definition) is 1. The number of hydrogen-bond acceptors (Lipinski definition) is 1. The topological polar surface area (TPSA) is 37.3 Å². The zero-order valence-corrected chi connectivity index (χ0v) is 11.5. The Morgan fingerprint density at radius 2 is 1.79 bits per heavy atom. The second kappa shape index (κ2) is 6.09. The Balaban J connectivity index is 2.33. The van der Waals surface area contributed by atoms with E-state index in [1.807, 2.05) is 30.3 Å². The molecule has 0 saturated heterocycles. The Morgan fingerprint density at radius 3 is 2.37 bits per heavy atom. The highest BCUT2D eigenvalue weighted by Gasteiger charge is 2.22. The van der Waals surface area contributed by atoms with Gasteiger partial charge in [-0.15, -0.1) is 0 Å². The molecule has 0 aromatic heterocycles. The molecule has 4 heteroatoms. The second-order valence-corrected chi connectivity index (χ2v) is 5.09. The molecule has 98 valence electrons. The van der Waals surface area contributed by atoms with Crippen LogP contribution in [0.2, 0.25) is 10.0 Å². The lowest BCUT2D eigenvalue weighted by Gasteiger charge is -2.14. The van der Waals surface area contributed by atoms with Crippen LogP contribution in [0.4, 0.5) is 0 Å². The van der Waals surface area contributed by atoms with Crippen LogP contribution in [-0.2, 0) is 11.2 Å². The lowest BCUT2D eigenvalue weighted by Crippen LogP contribution is -2.15. The van der Waals surface area contributed by atoms with Gasteiger partial charge in [-0.1, -0.05) is 59.6 Å². The van der Waals surface area contributed by atoms with Gasteiger partial charge >= 0.3 is 5.97 Å². The van der Waals surface area contributed by atoms with E-state index in [2.05, 4.69) is 0 Å². The average Bonchev–Trinajstić information content (AvgIpc) is 2.38. The van der Waals surface area contributed by atoms with Crippen LogP contribution < -0.4 is 0 Å². The molecule has 2 aromatic carbocycles. The summed E-state index contributed by atoms with van der Waals surface area (Å²) >= 11 is 11.9. The zero-order chi connectivity index (χ0) is 13.8. The van der Waals surface area contributed by atoms with E-state index in [-0.39, 0.29) is 0 Å². The minimum absolute atomic E-state index is 0.385. The lowest BCUT2D eigenvalue weighted by atomic mass is 9.92. The summed E-state index contributed by atoms with van der Waals surface area (Å²) < 4.78 is 0. The predicted octanol–water partition coefficient (Wildman–Crippen LogP) is 4.40. The normalized spacial score (nSPS) is 12.1. The van der Waals surface area contributed by atoms with E-state index in [1.165, 1.54) is 0 Å². The Bertz CT molecular complexity index is 582. The van der Waals surface area contributed by atoms with E-state index in [0.717, 1.165) is 5.56 Å². The summed E-state index contributed by atoms with van der Waals surface area (Å²) in [6, 6.07) is 14.4. The molecule has 0 aliphatic rings. The number of halogens is 2. The monoisotopic (exact) mass is 294 g/mol. The molecule has 0 spiro atoms. The Morgan fingerprint density at radius 1 is 1.11 bits per heavy atom. The summed E-state index contributed by atoms with van der Waals surface area (Å²) in [5.41, 5.74) is 1.54. The maximum absolute atomic E-state index is 11.4. The van der Waals surface area contributed by atoms with E-state index in [4.69, 9.17) is 23.2 Å². The van der Waals surface area contributed by atoms with Crippen molar-refractivity contribution in [1.29, 1.82) is 0 Å². The van der Waals surface area contributed by atoms with Gasteiger partial charge in [0.05, 0.1) is 5.92 Å². The van der Waals surface area contributed by atoms with Crippen molar-refractivity contribution in [1.82, 2.24) is 0 Å². The van der Waals surface area contributed by atoms with Crippen LogP contribution >= 0.6 is 23.2 Å². The van der Waals surface area contributed by atoms with E-state index < -0.39 is 11.9 Å². The maximum atomic E-state index is 11.4. The average molecular weight is 295 g/mol. The summed E-state index contributed by atoms with van der Waals surface area (Å²) in [4.78, 5) is 11.4. The fourth-order valence-corrected chi connectivity index (χ4v) is 2.50. The van der Waals surface area contributed by atoms with Gasteiger partial charge in [0.25, 0.3) is 0 Å². The molecular weight excluding hydrogens is 283 g/mol. The quantitative estimate of drug-likeness (QED) is 0.907. The smallest absolute Gasteiger partial charge is 0.311 e. The SMILES string of the molecule is O=C(O)[C@H](Cc1ccccc1)c1ccc(Cl)cc1Cl. The molecule has 1 atom stereocenters. The molecule has 0 amide bonds. The van der Waals surface area contributed by atoms with Crippen molar-refractivity contribution in [3.63, 3.8) is 0 Å². The third-order valence-corrected chi connectivity index (χ3v) is 3.48. The zero-order valence-electron chi connectivity index (χ0n) is 10.0. The van der Waals surface area contributed by atoms with Crippen molar-refractivity contribution in [3.05, 3.63) is 69.7 Å². The van der Waals surface area contributed by atoms with Crippen LogP contribution in [0.15, 0.2) is 48.5 Å². The summed E-state index contributed by atoms with van der Waals surface area (Å²) in [6.07, 6.45) is 0.400. The standard InChI is InChI=1S/C15H12Cl2O2/c16-11-6-7-12(14(17)9-11)13(15(18)19)8-10-4-2-1-3-5-10/h1-7,9,13H,8H2,(H,18,19)/t13-/m1/s1. The molecule has 2 aromatic rings. The summed E-state index contributed by atoms with van der Waals surface area (Å²) in [6.45, 7) is 0. The molecule has 0 saturated carbocycles. The van der Waals surface area contributed by atoms with Crippen molar-refractivity contribution in [2.45, 2.75) is 12.3 Å². The van der Waals surface area contributed by atoms with Gasteiger partial charge in [-0.3, -0.25) is 4.79 Å². The fraction of sp³-hybridized carbons (Fsp3) is 0.133. The number of carboxylic acids is 1. The van der Waals surface area contributed by atoms with Crippen LogP contribution in [0.1, 0.15) is 17.0 Å². The Hall–Kier alpha value is -1.51. The minimum atomic E-state index is -0.895. The van der Waals surface area contributed by atoms with Crippen LogP contribution in [0.3, 0.4) is 0 Å². The van der Waals surface area contributed by atoms with Gasteiger partial charge in [-0.05, 0) is 29.7 Å². The van der Waals surface area contributed by atoms with Gasteiger partial charge in [-0.2, -0.15) is 0 Å². The Kier molecular flexibility index (Phi) is 4.46. The van der Waals surface area contributed by atoms with Gasteiger partial charge < -0.3 is 5.11 Å². The summed E-state index contributed by atoms with van der Waals surface area (Å²) in [7, 11) is 0. The first-order valence-corrected chi connectivity index (χ1v) is 6.55. The van der Waals surface area contributed by atoms with Crippen molar-refractivity contribution < 1.29 is 9.90 Å². The van der Waals surface area contributed by atoms with Crippen LogP contribution in [0.5, 0.6) is 0 Å². The highest BCUT2D eigenvalue weighted by Crippen LogP contribution is 2.30. The van der Waals surface area contributed by atoms with Crippen molar-refractivity contribution in [2.75, 3.05) is 0 Å². The lowest BCUT2D eigenvalue weighted by molar-refractivity contribution is -0.138. The molecule has 0 radical (unpaired) electrons. The number of carboxylic acid groups (broad SMARTS) is 1. The van der Waals surface area contributed by atoms with Crippen LogP contribution in [0.25, 0.3) is 0 Å². The molecule has 0 bridgehead atoms. The Labute approximate surface area is 121 Å². The van der Waals surface area contributed by atoms with E-state index in [9.17, 15) is 9.90 Å². The molecule has 0 fully saturated rings. The van der Waals surface area contributed by atoms with E-state index >= 15 is 0 Å². The van der Waals surface area contributed by atoms with Gasteiger partial charge in [0.15, 0.2) is 0 Å². The van der Waals surface area contributed by atoms with Crippen molar-refractivity contribution in [3.8, 4) is 0 Å². The molecule has 0 heterocycles. The van der Waals surface area contributed by atoms with Gasteiger partial charge in [-0.25, -0.2) is 0 Å². The first-order valence-electron chi connectivity index (χ1n) is 5.79. The largest absolute Gasteiger partial charge is 0.481 e. The molecule has 2 rings (SSSR count). The number of benzene rings is 2. The second-order valence-electron chi connectivity index (χ2n) is 4.25. The molecule has 2 nitrogen and oxygen atoms in total. The molecule has 1 N–H and O–H groups in total. The first-order chi connectivity index (χ1) is 9.08. The van der Waals surface area contributed by atoms with Crippen LogP contribution in [-0.4, -0.2) is 11.1 Å². The van der Waals surface area contributed by atoms with Crippen molar-refractivity contribution in [2.24, 2.45) is 0 Å². The summed E-state index contributed by atoms with van der Waals surface area (Å²) in [5, 5.41) is 10.3. The van der Waals surface area contributed by atoms with Crippen LogP contribution in [0, 0.1) is 0 Å². The molecule has 19 heavy (non-hydrogen) atoms. The van der Waals surface area contributed by atoms with E-state index in [1.54, 1.807) is 18.2 Å². The number of aliphatic carboxylic acids is 1. The third-order valence-electron chi connectivity index (χ3n) is 2.92. The predicted molar refractivity (Wildman–Crippen MR) is 77.0 cm³/mol. The maximum Gasteiger partial charge on any atom is 0.311 e.